The Bertz CT molecular complexity index is 362. The molecule has 1 rings (SSSR count). The Hall–Kier alpha value is -1.43. The Morgan fingerprint density at radius 3 is 2.88 bits per heavy atom. The summed E-state index contributed by atoms with van der Waals surface area (Å²) in [5.41, 5.74) is 5.79. The quantitative estimate of drug-likeness (QED) is 0.757. The standard InChI is InChI=1S/C11H21N5O/c1-4-5-6-9(12)11(17)14-8(2)10-15-13-7-16(10)3/h7-9H,4-6,12H2,1-3H3,(H,14,17)/t8?,9-/m0/s1. The predicted molar refractivity (Wildman–Crippen MR) is 65.1 cm³/mol. The second-order valence-electron chi connectivity index (χ2n) is 4.28. The Labute approximate surface area is 102 Å². The van der Waals surface area contributed by atoms with Gasteiger partial charge in [0.2, 0.25) is 5.91 Å². The summed E-state index contributed by atoms with van der Waals surface area (Å²) in [5.74, 6) is 0.593. The highest BCUT2D eigenvalue weighted by molar-refractivity contribution is 5.81. The molecule has 0 aliphatic heterocycles. The smallest absolute Gasteiger partial charge is 0.237 e. The third-order valence-corrected chi connectivity index (χ3v) is 2.70. The van der Waals surface area contributed by atoms with E-state index in [4.69, 9.17) is 5.73 Å². The van der Waals surface area contributed by atoms with Crippen molar-refractivity contribution in [2.24, 2.45) is 12.8 Å². The van der Waals surface area contributed by atoms with Crippen molar-refractivity contribution in [2.75, 3.05) is 0 Å². The summed E-state index contributed by atoms with van der Waals surface area (Å²) in [6.45, 7) is 3.95. The Balaban J connectivity index is 2.48. The zero-order valence-corrected chi connectivity index (χ0v) is 10.7. The van der Waals surface area contributed by atoms with Crippen LogP contribution in [0.5, 0.6) is 0 Å². The molecule has 0 aromatic carbocycles. The lowest BCUT2D eigenvalue weighted by atomic mass is 10.1. The highest BCUT2D eigenvalue weighted by Gasteiger charge is 2.18. The maximum absolute atomic E-state index is 11.8. The second-order valence-corrected chi connectivity index (χ2v) is 4.28. The van der Waals surface area contributed by atoms with Crippen LogP contribution in [0.1, 0.15) is 45.0 Å². The van der Waals surface area contributed by atoms with E-state index in [1.807, 2.05) is 14.0 Å². The molecule has 1 aromatic rings. The second kappa shape index (κ2) is 6.34. The topological polar surface area (TPSA) is 85.8 Å². The highest BCUT2D eigenvalue weighted by Crippen LogP contribution is 2.08. The van der Waals surface area contributed by atoms with Crippen molar-refractivity contribution < 1.29 is 4.79 Å². The molecule has 17 heavy (non-hydrogen) atoms. The van der Waals surface area contributed by atoms with E-state index in [1.165, 1.54) is 0 Å². The van der Waals surface area contributed by atoms with Gasteiger partial charge in [0.1, 0.15) is 6.33 Å². The molecule has 1 amide bonds. The average Bonchev–Trinajstić information content (AvgIpc) is 2.72. The number of unbranched alkanes of at least 4 members (excludes halogenated alkanes) is 1. The van der Waals surface area contributed by atoms with E-state index < -0.39 is 6.04 Å². The fourth-order valence-electron chi connectivity index (χ4n) is 1.62. The summed E-state index contributed by atoms with van der Waals surface area (Å²) in [4.78, 5) is 11.8. The number of carbonyl (C=O) groups excluding carboxylic acids is 1. The van der Waals surface area contributed by atoms with Crippen molar-refractivity contribution in [3.05, 3.63) is 12.2 Å². The van der Waals surface area contributed by atoms with E-state index in [-0.39, 0.29) is 11.9 Å². The maximum Gasteiger partial charge on any atom is 0.237 e. The summed E-state index contributed by atoms with van der Waals surface area (Å²) in [6.07, 6.45) is 4.33. The number of nitrogens with one attached hydrogen (secondary N) is 1. The number of carbonyl (C=O) groups is 1. The largest absolute Gasteiger partial charge is 0.345 e. The Morgan fingerprint density at radius 1 is 1.65 bits per heavy atom. The third kappa shape index (κ3) is 3.81. The SMILES string of the molecule is CCCC[C@H](N)C(=O)NC(C)c1nncn1C. The maximum atomic E-state index is 11.8. The third-order valence-electron chi connectivity index (χ3n) is 2.70. The normalized spacial score (nSPS) is 14.4. The number of aromatic nitrogens is 3. The van der Waals surface area contributed by atoms with Gasteiger partial charge in [-0.1, -0.05) is 19.8 Å². The van der Waals surface area contributed by atoms with Gasteiger partial charge in [-0.2, -0.15) is 0 Å². The molecule has 2 atom stereocenters. The Kier molecular flexibility index (Phi) is 5.09. The van der Waals surface area contributed by atoms with E-state index in [1.54, 1.807) is 10.9 Å². The zero-order chi connectivity index (χ0) is 12.8. The molecule has 0 saturated heterocycles. The fraction of sp³-hybridized carbons (Fsp3) is 0.727. The van der Waals surface area contributed by atoms with Gasteiger partial charge in [0.15, 0.2) is 5.82 Å². The highest BCUT2D eigenvalue weighted by atomic mass is 16.2. The van der Waals surface area contributed by atoms with Gasteiger partial charge in [-0.15, -0.1) is 10.2 Å². The minimum absolute atomic E-state index is 0.131. The summed E-state index contributed by atoms with van der Waals surface area (Å²) < 4.78 is 1.78. The number of hydrogen-bond donors (Lipinski definition) is 2. The number of amides is 1. The molecule has 3 N–H and O–H groups in total. The first-order valence-electron chi connectivity index (χ1n) is 5.96. The molecule has 1 heterocycles. The van der Waals surface area contributed by atoms with E-state index in [0.29, 0.717) is 6.42 Å². The number of nitrogens with two attached hydrogens (primary N) is 1. The summed E-state index contributed by atoms with van der Waals surface area (Å²) in [5, 5.41) is 10.6. The molecule has 0 radical (unpaired) electrons. The fourth-order valence-corrected chi connectivity index (χ4v) is 1.62. The van der Waals surface area contributed by atoms with Crippen LogP contribution in [0.2, 0.25) is 0 Å². The molecule has 96 valence electrons. The van der Waals surface area contributed by atoms with Gasteiger partial charge >= 0.3 is 0 Å². The lowest BCUT2D eigenvalue weighted by Crippen LogP contribution is -2.42. The van der Waals surface area contributed by atoms with Crippen LogP contribution in [0, 0.1) is 0 Å². The first-order chi connectivity index (χ1) is 8.06. The molecule has 0 spiro atoms. The monoisotopic (exact) mass is 239 g/mol. The van der Waals surface area contributed by atoms with Gasteiger partial charge in [-0.05, 0) is 13.3 Å². The van der Waals surface area contributed by atoms with Crippen LogP contribution in [0.4, 0.5) is 0 Å². The van der Waals surface area contributed by atoms with E-state index in [2.05, 4.69) is 22.4 Å². The van der Waals surface area contributed by atoms with Gasteiger partial charge < -0.3 is 15.6 Å². The molecule has 6 heteroatoms. The molecular formula is C11H21N5O. The molecule has 0 saturated carbocycles. The molecule has 0 bridgehead atoms. The lowest BCUT2D eigenvalue weighted by Gasteiger charge is -2.16. The van der Waals surface area contributed by atoms with Crippen molar-refractivity contribution in [1.82, 2.24) is 20.1 Å². The van der Waals surface area contributed by atoms with Gasteiger partial charge in [-0.25, -0.2) is 0 Å². The van der Waals surface area contributed by atoms with Crippen LogP contribution in [-0.2, 0) is 11.8 Å². The van der Waals surface area contributed by atoms with Gasteiger partial charge in [0.05, 0.1) is 12.1 Å². The van der Waals surface area contributed by atoms with E-state index >= 15 is 0 Å². The first kappa shape index (κ1) is 13.6. The summed E-state index contributed by atoms with van der Waals surface area (Å²) in [7, 11) is 1.84. The first-order valence-corrected chi connectivity index (χ1v) is 5.96. The van der Waals surface area contributed by atoms with Crippen molar-refractivity contribution in [1.29, 1.82) is 0 Å². The van der Waals surface area contributed by atoms with Crippen molar-refractivity contribution in [3.63, 3.8) is 0 Å². The minimum Gasteiger partial charge on any atom is -0.345 e. The summed E-state index contributed by atoms with van der Waals surface area (Å²) in [6, 6.07) is -0.617. The number of nitrogens with zero attached hydrogens (tertiary/aromatic N) is 3. The lowest BCUT2D eigenvalue weighted by molar-refractivity contribution is -0.123. The number of rotatable bonds is 6. The molecular weight excluding hydrogens is 218 g/mol. The van der Waals surface area contributed by atoms with Crippen LogP contribution in [0.3, 0.4) is 0 Å². The van der Waals surface area contributed by atoms with Crippen LogP contribution in [0.25, 0.3) is 0 Å². The average molecular weight is 239 g/mol. The molecule has 6 nitrogen and oxygen atoms in total. The molecule has 1 aromatic heterocycles. The van der Waals surface area contributed by atoms with Crippen molar-refractivity contribution >= 4 is 5.91 Å². The Morgan fingerprint density at radius 2 is 2.35 bits per heavy atom. The van der Waals surface area contributed by atoms with Crippen molar-refractivity contribution in [3.8, 4) is 0 Å². The molecule has 0 aliphatic carbocycles. The zero-order valence-electron chi connectivity index (χ0n) is 10.7. The van der Waals surface area contributed by atoms with Gasteiger partial charge in [-0.3, -0.25) is 4.79 Å². The number of hydrogen-bond acceptors (Lipinski definition) is 4. The molecule has 0 fully saturated rings. The van der Waals surface area contributed by atoms with Crippen LogP contribution >= 0.6 is 0 Å². The molecule has 1 unspecified atom stereocenters. The summed E-state index contributed by atoms with van der Waals surface area (Å²) >= 11 is 0. The minimum atomic E-state index is -0.439. The van der Waals surface area contributed by atoms with Crippen LogP contribution in [0.15, 0.2) is 6.33 Å². The van der Waals surface area contributed by atoms with Crippen LogP contribution < -0.4 is 11.1 Å². The molecule has 0 aliphatic rings. The van der Waals surface area contributed by atoms with Crippen molar-refractivity contribution in [2.45, 2.75) is 45.2 Å². The van der Waals surface area contributed by atoms with Gasteiger partial charge in [0, 0.05) is 7.05 Å². The number of aryl methyl sites for hydroxylation is 1. The van der Waals surface area contributed by atoms with Gasteiger partial charge in [0.25, 0.3) is 0 Å². The van der Waals surface area contributed by atoms with E-state index in [0.717, 1.165) is 18.7 Å². The predicted octanol–water partition coefficient (Wildman–Crippen LogP) is 0.510. The van der Waals surface area contributed by atoms with E-state index in [9.17, 15) is 4.79 Å². The van der Waals surface area contributed by atoms with Crippen LogP contribution in [-0.4, -0.2) is 26.7 Å².